The number of hydrogen-bond donors (Lipinski definition) is 2. The summed E-state index contributed by atoms with van der Waals surface area (Å²) in [6.45, 7) is 3.70. The van der Waals surface area contributed by atoms with Gasteiger partial charge in [-0.1, -0.05) is 64.7 Å². The monoisotopic (exact) mass is 333 g/mol. The van der Waals surface area contributed by atoms with Crippen LogP contribution in [0.4, 0.5) is 4.79 Å². The molecule has 24 heavy (non-hydrogen) atoms. The summed E-state index contributed by atoms with van der Waals surface area (Å²) in [4.78, 5) is 15.6. The molecule has 0 radical (unpaired) electrons. The summed E-state index contributed by atoms with van der Waals surface area (Å²) < 4.78 is 0. The van der Waals surface area contributed by atoms with Gasteiger partial charge in [0.15, 0.2) is 0 Å². The van der Waals surface area contributed by atoms with Crippen LogP contribution in [0.15, 0.2) is 24.5 Å². The summed E-state index contributed by atoms with van der Waals surface area (Å²) in [6, 6.07) is 3.90. The molecule has 1 aromatic heterocycles. The number of unbranched alkanes of at least 4 members (excludes halogenated alkanes) is 9. The Kier molecular flexibility index (Phi) is 12.8. The average molecular weight is 334 g/mol. The van der Waals surface area contributed by atoms with Crippen LogP contribution in [0.2, 0.25) is 0 Å². The maximum Gasteiger partial charge on any atom is 0.314 e. The van der Waals surface area contributed by atoms with Gasteiger partial charge in [-0.3, -0.25) is 4.98 Å². The molecule has 0 bridgehead atoms. The van der Waals surface area contributed by atoms with E-state index in [2.05, 4.69) is 22.5 Å². The number of amides is 2. The fraction of sp³-hybridized carbons (Fsp3) is 0.700. The quantitative estimate of drug-likeness (QED) is 0.478. The topological polar surface area (TPSA) is 54.0 Å². The molecule has 0 saturated carbocycles. The Bertz CT molecular complexity index is 409. The highest BCUT2D eigenvalue weighted by molar-refractivity contribution is 5.73. The van der Waals surface area contributed by atoms with E-state index in [1.54, 1.807) is 12.4 Å². The largest absolute Gasteiger partial charge is 0.338 e. The van der Waals surface area contributed by atoms with Gasteiger partial charge < -0.3 is 10.6 Å². The molecular formula is C20H35N3O. The molecule has 2 amide bonds. The Morgan fingerprint density at radius 1 is 0.833 bits per heavy atom. The molecule has 1 aromatic rings. The lowest BCUT2D eigenvalue weighted by molar-refractivity contribution is 0.241. The second-order valence-corrected chi connectivity index (χ2v) is 6.47. The molecule has 0 saturated heterocycles. The third-order valence-corrected chi connectivity index (χ3v) is 4.26. The van der Waals surface area contributed by atoms with Crippen molar-refractivity contribution in [2.24, 2.45) is 0 Å². The van der Waals surface area contributed by atoms with Crippen molar-refractivity contribution in [3.8, 4) is 0 Å². The predicted molar refractivity (Wildman–Crippen MR) is 101 cm³/mol. The number of carbonyl (C=O) groups is 1. The zero-order chi connectivity index (χ0) is 17.3. The van der Waals surface area contributed by atoms with E-state index < -0.39 is 0 Å². The van der Waals surface area contributed by atoms with E-state index in [0.29, 0.717) is 6.54 Å². The molecule has 0 spiro atoms. The van der Waals surface area contributed by atoms with E-state index in [1.165, 1.54) is 63.4 Å². The van der Waals surface area contributed by atoms with Crippen LogP contribution in [-0.2, 0) is 6.42 Å². The summed E-state index contributed by atoms with van der Waals surface area (Å²) in [6.07, 6.45) is 17.6. The molecule has 0 aliphatic carbocycles. The van der Waals surface area contributed by atoms with Gasteiger partial charge in [-0.25, -0.2) is 4.79 Å². The molecular weight excluding hydrogens is 298 g/mol. The molecule has 0 fully saturated rings. The molecule has 0 aliphatic heterocycles. The minimum Gasteiger partial charge on any atom is -0.338 e. The SMILES string of the molecule is CCCCCCCCCCCCNC(=O)NCCc1ccncc1. The van der Waals surface area contributed by atoms with Gasteiger partial charge >= 0.3 is 6.03 Å². The number of aromatic nitrogens is 1. The van der Waals surface area contributed by atoms with Crippen LogP contribution in [-0.4, -0.2) is 24.1 Å². The van der Waals surface area contributed by atoms with Crippen molar-refractivity contribution in [2.45, 2.75) is 77.6 Å². The van der Waals surface area contributed by atoms with Crippen molar-refractivity contribution in [2.75, 3.05) is 13.1 Å². The number of urea groups is 1. The third-order valence-electron chi connectivity index (χ3n) is 4.26. The van der Waals surface area contributed by atoms with Gasteiger partial charge in [0.25, 0.3) is 0 Å². The minimum absolute atomic E-state index is 0.0556. The summed E-state index contributed by atoms with van der Waals surface area (Å²) in [5.74, 6) is 0. The second kappa shape index (κ2) is 15.0. The molecule has 1 rings (SSSR count). The maximum atomic E-state index is 11.7. The highest BCUT2D eigenvalue weighted by Crippen LogP contribution is 2.10. The number of nitrogens with one attached hydrogen (secondary N) is 2. The second-order valence-electron chi connectivity index (χ2n) is 6.47. The smallest absolute Gasteiger partial charge is 0.314 e. The summed E-state index contributed by atoms with van der Waals surface area (Å²) in [5.41, 5.74) is 1.19. The van der Waals surface area contributed by atoms with E-state index in [0.717, 1.165) is 19.4 Å². The Hall–Kier alpha value is -1.58. The third kappa shape index (κ3) is 11.9. The molecule has 1 heterocycles. The summed E-state index contributed by atoms with van der Waals surface area (Å²) >= 11 is 0. The van der Waals surface area contributed by atoms with Crippen LogP contribution in [0.1, 0.15) is 76.7 Å². The Morgan fingerprint density at radius 2 is 1.38 bits per heavy atom. The van der Waals surface area contributed by atoms with Crippen LogP contribution >= 0.6 is 0 Å². The van der Waals surface area contributed by atoms with Crippen LogP contribution in [0, 0.1) is 0 Å². The van der Waals surface area contributed by atoms with Gasteiger partial charge in [-0.2, -0.15) is 0 Å². The van der Waals surface area contributed by atoms with Gasteiger partial charge in [-0.15, -0.1) is 0 Å². The van der Waals surface area contributed by atoms with Crippen molar-refractivity contribution in [1.29, 1.82) is 0 Å². The zero-order valence-corrected chi connectivity index (χ0v) is 15.4. The number of nitrogens with zero attached hydrogens (tertiary/aromatic N) is 1. The Labute approximate surface area is 147 Å². The number of carbonyl (C=O) groups excluding carboxylic acids is 1. The van der Waals surface area contributed by atoms with Crippen molar-refractivity contribution >= 4 is 6.03 Å². The lowest BCUT2D eigenvalue weighted by Crippen LogP contribution is -2.37. The first kappa shape index (κ1) is 20.5. The van der Waals surface area contributed by atoms with E-state index in [4.69, 9.17) is 0 Å². The van der Waals surface area contributed by atoms with Gasteiger partial charge in [-0.05, 0) is 30.5 Å². The van der Waals surface area contributed by atoms with Crippen molar-refractivity contribution in [3.63, 3.8) is 0 Å². The average Bonchev–Trinajstić information content (AvgIpc) is 2.60. The molecule has 2 N–H and O–H groups in total. The normalized spacial score (nSPS) is 10.5. The van der Waals surface area contributed by atoms with Gasteiger partial charge in [0.2, 0.25) is 0 Å². The molecule has 0 unspecified atom stereocenters. The number of hydrogen-bond acceptors (Lipinski definition) is 2. The van der Waals surface area contributed by atoms with Crippen LogP contribution in [0.25, 0.3) is 0 Å². The lowest BCUT2D eigenvalue weighted by Gasteiger charge is -2.07. The van der Waals surface area contributed by atoms with E-state index in [-0.39, 0.29) is 6.03 Å². The van der Waals surface area contributed by atoms with Gasteiger partial charge in [0, 0.05) is 25.5 Å². The van der Waals surface area contributed by atoms with E-state index >= 15 is 0 Å². The van der Waals surface area contributed by atoms with Crippen molar-refractivity contribution in [1.82, 2.24) is 15.6 Å². The highest BCUT2D eigenvalue weighted by Gasteiger charge is 1.99. The number of rotatable bonds is 14. The standard InChI is InChI=1S/C20H35N3O/c1-2-3-4-5-6-7-8-9-10-11-15-22-20(24)23-18-14-19-12-16-21-17-13-19/h12-13,16-17H,2-11,14-15,18H2,1H3,(H2,22,23,24). The zero-order valence-electron chi connectivity index (χ0n) is 15.4. The summed E-state index contributed by atoms with van der Waals surface area (Å²) in [7, 11) is 0. The molecule has 0 aliphatic rings. The van der Waals surface area contributed by atoms with Crippen LogP contribution < -0.4 is 10.6 Å². The molecule has 4 nitrogen and oxygen atoms in total. The molecule has 136 valence electrons. The van der Waals surface area contributed by atoms with E-state index in [9.17, 15) is 4.79 Å². The predicted octanol–water partition coefficient (Wildman–Crippen LogP) is 4.84. The lowest BCUT2D eigenvalue weighted by atomic mass is 10.1. The first-order chi connectivity index (χ1) is 11.8. The van der Waals surface area contributed by atoms with Crippen LogP contribution in [0.3, 0.4) is 0 Å². The van der Waals surface area contributed by atoms with Crippen LogP contribution in [0.5, 0.6) is 0 Å². The maximum absolute atomic E-state index is 11.7. The fourth-order valence-corrected chi connectivity index (χ4v) is 2.75. The fourth-order valence-electron chi connectivity index (χ4n) is 2.75. The molecule has 0 atom stereocenters. The minimum atomic E-state index is -0.0556. The Morgan fingerprint density at radius 3 is 2.00 bits per heavy atom. The molecule has 0 aromatic carbocycles. The molecule has 4 heteroatoms. The van der Waals surface area contributed by atoms with Crippen molar-refractivity contribution < 1.29 is 4.79 Å². The summed E-state index contributed by atoms with van der Waals surface area (Å²) in [5, 5.41) is 5.83. The van der Waals surface area contributed by atoms with Gasteiger partial charge in [0.1, 0.15) is 0 Å². The van der Waals surface area contributed by atoms with Crippen molar-refractivity contribution in [3.05, 3.63) is 30.1 Å². The first-order valence-electron chi connectivity index (χ1n) is 9.73. The number of pyridine rings is 1. The highest BCUT2D eigenvalue weighted by atomic mass is 16.2. The van der Waals surface area contributed by atoms with Gasteiger partial charge in [0.05, 0.1) is 0 Å². The first-order valence-corrected chi connectivity index (χ1v) is 9.73. The van der Waals surface area contributed by atoms with E-state index in [1.807, 2.05) is 12.1 Å². The Balaban J connectivity index is 1.82.